The summed E-state index contributed by atoms with van der Waals surface area (Å²) in [4.78, 5) is 0. The SMILES string of the molecule is CCCCCCCCOc1ccc(C=NNc2ccccc2Cl)cc1. The molecule has 0 heterocycles. The Morgan fingerprint density at radius 1 is 0.960 bits per heavy atom. The predicted molar refractivity (Wildman–Crippen MR) is 108 cm³/mol. The third-order valence-corrected chi connectivity index (χ3v) is 4.25. The van der Waals surface area contributed by atoms with Gasteiger partial charge in [0, 0.05) is 0 Å². The van der Waals surface area contributed by atoms with Gasteiger partial charge in [0.1, 0.15) is 5.75 Å². The highest BCUT2D eigenvalue weighted by Crippen LogP contribution is 2.20. The molecule has 0 fully saturated rings. The second-order valence-corrected chi connectivity index (χ2v) is 6.44. The van der Waals surface area contributed by atoms with Crippen LogP contribution >= 0.6 is 11.6 Å². The maximum Gasteiger partial charge on any atom is 0.119 e. The lowest BCUT2D eigenvalue weighted by molar-refractivity contribution is 0.304. The van der Waals surface area contributed by atoms with Crippen molar-refractivity contribution in [2.24, 2.45) is 5.10 Å². The summed E-state index contributed by atoms with van der Waals surface area (Å²) in [5, 5.41) is 4.86. The molecule has 0 aliphatic carbocycles. The largest absolute Gasteiger partial charge is 0.494 e. The molecule has 2 rings (SSSR count). The van der Waals surface area contributed by atoms with Gasteiger partial charge >= 0.3 is 0 Å². The van der Waals surface area contributed by atoms with E-state index in [0.717, 1.165) is 30.0 Å². The van der Waals surface area contributed by atoms with Gasteiger partial charge in [-0.2, -0.15) is 5.10 Å². The van der Waals surface area contributed by atoms with Gasteiger partial charge in [-0.05, 0) is 48.4 Å². The highest BCUT2D eigenvalue weighted by Gasteiger charge is 1.97. The molecular weight excluding hydrogens is 332 g/mol. The summed E-state index contributed by atoms with van der Waals surface area (Å²) in [6.45, 7) is 3.03. The second-order valence-electron chi connectivity index (χ2n) is 6.04. The predicted octanol–water partition coefficient (Wildman–Crippen LogP) is 6.53. The van der Waals surface area contributed by atoms with Crippen molar-refractivity contribution in [3.8, 4) is 5.75 Å². The monoisotopic (exact) mass is 358 g/mol. The molecule has 3 nitrogen and oxygen atoms in total. The highest BCUT2D eigenvalue weighted by atomic mass is 35.5. The average molecular weight is 359 g/mol. The first kappa shape index (κ1) is 19.3. The molecule has 2 aromatic carbocycles. The quantitative estimate of drug-likeness (QED) is 0.281. The van der Waals surface area contributed by atoms with E-state index in [9.17, 15) is 0 Å². The summed E-state index contributed by atoms with van der Waals surface area (Å²) in [5.74, 6) is 0.907. The minimum atomic E-state index is 0.651. The van der Waals surface area contributed by atoms with Crippen LogP contribution in [-0.4, -0.2) is 12.8 Å². The lowest BCUT2D eigenvalue weighted by atomic mass is 10.1. The van der Waals surface area contributed by atoms with Gasteiger partial charge in [0.2, 0.25) is 0 Å². The molecule has 0 bridgehead atoms. The molecule has 0 unspecified atom stereocenters. The number of hydrogen-bond acceptors (Lipinski definition) is 3. The molecule has 0 saturated carbocycles. The van der Waals surface area contributed by atoms with E-state index in [-0.39, 0.29) is 0 Å². The molecule has 0 radical (unpaired) electrons. The van der Waals surface area contributed by atoms with Crippen LogP contribution in [-0.2, 0) is 0 Å². The molecule has 4 heteroatoms. The maximum absolute atomic E-state index is 6.07. The molecule has 0 saturated heterocycles. The van der Waals surface area contributed by atoms with Crippen LogP contribution < -0.4 is 10.2 Å². The lowest BCUT2D eigenvalue weighted by Gasteiger charge is -2.06. The number of ether oxygens (including phenoxy) is 1. The van der Waals surface area contributed by atoms with E-state index < -0.39 is 0 Å². The molecule has 0 aromatic heterocycles. The minimum absolute atomic E-state index is 0.651. The van der Waals surface area contributed by atoms with Gasteiger partial charge in [-0.15, -0.1) is 0 Å². The Balaban J connectivity index is 1.69. The van der Waals surface area contributed by atoms with Crippen LogP contribution in [0.5, 0.6) is 5.75 Å². The Bertz CT molecular complexity index is 641. The van der Waals surface area contributed by atoms with Gasteiger partial charge in [-0.25, -0.2) is 0 Å². The Labute approximate surface area is 156 Å². The van der Waals surface area contributed by atoms with Crippen molar-refractivity contribution in [2.75, 3.05) is 12.0 Å². The van der Waals surface area contributed by atoms with Crippen molar-refractivity contribution in [1.82, 2.24) is 0 Å². The fourth-order valence-electron chi connectivity index (χ4n) is 2.45. The molecule has 2 aromatic rings. The zero-order valence-corrected chi connectivity index (χ0v) is 15.6. The van der Waals surface area contributed by atoms with Crippen molar-refractivity contribution in [3.63, 3.8) is 0 Å². The Morgan fingerprint density at radius 3 is 2.44 bits per heavy atom. The number of benzene rings is 2. The fourth-order valence-corrected chi connectivity index (χ4v) is 2.63. The van der Waals surface area contributed by atoms with Gasteiger partial charge in [0.25, 0.3) is 0 Å². The second kappa shape index (κ2) is 11.5. The topological polar surface area (TPSA) is 33.6 Å². The molecule has 0 aliphatic rings. The summed E-state index contributed by atoms with van der Waals surface area (Å²) in [6, 6.07) is 15.5. The third kappa shape index (κ3) is 7.61. The average Bonchev–Trinajstić information content (AvgIpc) is 2.64. The van der Waals surface area contributed by atoms with E-state index in [1.807, 2.05) is 48.5 Å². The first-order chi connectivity index (χ1) is 12.3. The summed E-state index contributed by atoms with van der Waals surface area (Å²) in [5.41, 5.74) is 4.74. The third-order valence-electron chi connectivity index (χ3n) is 3.92. The van der Waals surface area contributed by atoms with Gasteiger partial charge in [0.15, 0.2) is 0 Å². The van der Waals surface area contributed by atoms with Crippen LogP contribution in [0.2, 0.25) is 5.02 Å². The summed E-state index contributed by atoms with van der Waals surface area (Å²) >= 11 is 6.07. The lowest BCUT2D eigenvalue weighted by Crippen LogP contribution is -1.97. The van der Waals surface area contributed by atoms with Gasteiger partial charge in [-0.3, -0.25) is 5.43 Å². The molecule has 1 N–H and O–H groups in total. The van der Waals surface area contributed by atoms with E-state index in [2.05, 4.69) is 17.5 Å². The van der Waals surface area contributed by atoms with E-state index in [1.165, 1.54) is 32.1 Å². The molecule has 0 spiro atoms. The van der Waals surface area contributed by atoms with Crippen LogP contribution in [0.1, 0.15) is 51.0 Å². The molecule has 25 heavy (non-hydrogen) atoms. The minimum Gasteiger partial charge on any atom is -0.494 e. The molecule has 134 valence electrons. The number of nitrogens with one attached hydrogen (secondary N) is 1. The van der Waals surface area contributed by atoms with Crippen molar-refractivity contribution in [2.45, 2.75) is 45.4 Å². The van der Waals surface area contributed by atoms with Crippen molar-refractivity contribution in [1.29, 1.82) is 0 Å². The van der Waals surface area contributed by atoms with E-state index in [1.54, 1.807) is 6.21 Å². The van der Waals surface area contributed by atoms with Gasteiger partial charge < -0.3 is 4.74 Å². The number of rotatable bonds is 11. The molecule has 0 aliphatic heterocycles. The molecular formula is C21H27ClN2O. The first-order valence-electron chi connectivity index (χ1n) is 9.06. The summed E-state index contributed by atoms with van der Waals surface area (Å²) < 4.78 is 5.78. The van der Waals surface area contributed by atoms with Crippen LogP contribution in [0.4, 0.5) is 5.69 Å². The van der Waals surface area contributed by atoms with Crippen LogP contribution in [0.25, 0.3) is 0 Å². The highest BCUT2D eigenvalue weighted by molar-refractivity contribution is 6.33. The molecule has 0 atom stereocenters. The smallest absolute Gasteiger partial charge is 0.119 e. The summed E-state index contributed by atoms with van der Waals surface area (Å²) in [6.07, 6.45) is 9.42. The van der Waals surface area contributed by atoms with Crippen molar-refractivity contribution >= 4 is 23.5 Å². The van der Waals surface area contributed by atoms with Crippen LogP contribution in [0.3, 0.4) is 0 Å². The van der Waals surface area contributed by atoms with E-state index in [4.69, 9.17) is 16.3 Å². The van der Waals surface area contributed by atoms with Crippen molar-refractivity contribution < 1.29 is 4.74 Å². The number of anilines is 1. The van der Waals surface area contributed by atoms with E-state index in [0.29, 0.717) is 5.02 Å². The number of nitrogens with zero attached hydrogens (tertiary/aromatic N) is 1. The number of halogens is 1. The standard InChI is InChI=1S/C21H27ClN2O/c1-2-3-4-5-6-9-16-25-19-14-12-18(13-15-19)17-23-24-21-11-8-7-10-20(21)22/h7-8,10-15,17,24H,2-6,9,16H2,1H3. The zero-order chi connectivity index (χ0) is 17.7. The Hall–Kier alpha value is -2.00. The fraction of sp³-hybridized carbons (Fsp3) is 0.381. The first-order valence-corrected chi connectivity index (χ1v) is 9.44. The number of hydrazone groups is 1. The maximum atomic E-state index is 6.07. The number of para-hydroxylation sites is 1. The van der Waals surface area contributed by atoms with Gasteiger partial charge in [-0.1, -0.05) is 62.8 Å². The zero-order valence-electron chi connectivity index (χ0n) is 14.9. The Morgan fingerprint density at radius 2 is 1.68 bits per heavy atom. The van der Waals surface area contributed by atoms with Gasteiger partial charge in [0.05, 0.1) is 23.5 Å². The summed E-state index contributed by atoms with van der Waals surface area (Å²) in [7, 11) is 0. The molecule has 0 amide bonds. The van der Waals surface area contributed by atoms with Crippen LogP contribution in [0.15, 0.2) is 53.6 Å². The number of hydrogen-bond donors (Lipinski definition) is 1. The van der Waals surface area contributed by atoms with E-state index >= 15 is 0 Å². The Kier molecular flexibility index (Phi) is 8.92. The van der Waals surface area contributed by atoms with Crippen LogP contribution in [0, 0.1) is 0 Å². The van der Waals surface area contributed by atoms with Crippen molar-refractivity contribution in [3.05, 3.63) is 59.1 Å². The number of unbranched alkanes of at least 4 members (excludes halogenated alkanes) is 5. The normalized spacial score (nSPS) is 11.0.